The van der Waals surface area contributed by atoms with Gasteiger partial charge in [-0.2, -0.15) is 5.48 Å². The zero-order valence-electron chi connectivity index (χ0n) is 13.9. The molecule has 4 unspecified atom stereocenters. The second kappa shape index (κ2) is 6.42. The number of nitrogens with one attached hydrogen (secondary N) is 1. The van der Waals surface area contributed by atoms with Crippen molar-refractivity contribution < 1.29 is 5.21 Å². The number of fused-ring (bicyclic) bond motifs is 3. The van der Waals surface area contributed by atoms with Gasteiger partial charge in [-0.25, -0.2) is 0 Å². The van der Waals surface area contributed by atoms with Crippen LogP contribution in [-0.2, 0) is 0 Å². The maximum atomic E-state index is 9.26. The van der Waals surface area contributed by atoms with Crippen LogP contribution in [0.4, 0.5) is 0 Å². The van der Waals surface area contributed by atoms with Crippen LogP contribution in [0.15, 0.2) is 11.6 Å². The van der Waals surface area contributed by atoms with Gasteiger partial charge in [0.05, 0.1) is 6.04 Å². The average Bonchev–Trinajstić information content (AvgIpc) is 2.58. The summed E-state index contributed by atoms with van der Waals surface area (Å²) in [4.78, 5) is 0. The molecule has 120 valence electrons. The van der Waals surface area contributed by atoms with Crippen molar-refractivity contribution in [3.05, 3.63) is 11.6 Å². The van der Waals surface area contributed by atoms with Gasteiger partial charge in [0.25, 0.3) is 0 Å². The normalized spacial score (nSPS) is 44.6. The zero-order chi connectivity index (χ0) is 14.9. The maximum Gasteiger partial charge on any atom is 0.0502 e. The van der Waals surface area contributed by atoms with Gasteiger partial charge in [0.1, 0.15) is 0 Å². The number of rotatable bonds is 1. The molecule has 0 amide bonds. The largest absolute Gasteiger partial charge is 0.316 e. The van der Waals surface area contributed by atoms with E-state index in [0.717, 1.165) is 24.2 Å². The third kappa shape index (κ3) is 2.94. The SMILES string of the molecule is CC1CCCCCC[C@H]2C1CCC1=CC(NO)CCC12C. The highest BCUT2D eigenvalue weighted by Gasteiger charge is 2.47. The lowest BCUT2D eigenvalue weighted by Crippen LogP contribution is -2.45. The average molecular weight is 291 g/mol. The summed E-state index contributed by atoms with van der Waals surface area (Å²) in [5.74, 6) is 2.72. The number of hydroxylamine groups is 1. The quantitative estimate of drug-likeness (QED) is 0.522. The minimum Gasteiger partial charge on any atom is -0.316 e. The van der Waals surface area contributed by atoms with Gasteiger partial charge in [-0.15, -0.1) is 0 Å². The molecule has 0 aromatic carbocycles. The second-order valence-electron chi connectivity index (χ2n) is 8.16. The first-order valence-electron chi connectivity index (χ1n) is 9.26. The van der Waals surface area contributed by atoms with Crippen molar-refractivity contribution >= 4 is 0 Å². The Bertz CT molecular complexity index is 391. The highest BCUT2D eigenvalue weighted by Crippen LogP contribution is 2.56. The molecule has 0 heterocycles. The Morgan fingerprint density at radius 1 is 1.10 bits per heavy atom. The topological polar surface area (TPSA) is 32.3 Å². The predicted octanol–water partition coefficient (Wildman–Crippen LogP) is 5.08. The molecule has 0 saturated heterocycles. The summed E-state index contributed by atoms with van der Waals surface area (Å²) < 4.78 is 0. The molecule has 5 atom stereocenters. The van der Waals surface area contributed by atoms with Gasteiger partial charge in [0, 0.05) is 0 Å². The molecule has 2 N–H and O–H groups in total. The summed E-state index contributed by atoms with van der Waals surface area (Å²) in [5, 5.41) is 9.26. The zero-order valence-corrected chi connectivity index (χ0v) is 13.9. The van der Waals surface area contributed by atoms with E-state index in [9.17, 15) is 5.21 Å². The molecular formula is C19H33NO. The van der Waals surface area contributed by atoms with E-state index in [-0.39, 0.29) is 6.04 Å². The molecule has 2 fully saturated rings. The van der Waals surface area contributed by atoms with Gasteiger partial charge in [-0.3, -0.25) is 0 Å². The number of hydrogen-bond acceptors (Lipinski definition) is 2. The van der Waals surface area contributed by atoms with Gasteiger partial charge in [-0.05, 0) is 55.3 Å². The monoisotopic (exact) mass is 291 g/mol. The highest BCUT2D eigenvalue weighted by atomic mass is 16.5. The van der Waals surface area contributed by atoms with Crippen molar-refractivity contribution in [1.29, 1.82) is 0 Å². The van der Waals surface area contributed by atoms with E-state index in [1.165, 1.54) is 57.8 Å². The van der Waals surface area contributed by atoms with Crippen molar-refractivity contribution in [1.82, 2.24) is 5.48 Å². The minimum atomic E-state index is 0.193. The third-order valence-electron chi connectivity index (χ3n) is 7.01. The molecule has 2 saturated carbocycles. The molecule has 0 spiro atoms. The molecule has 3 aliphatic rings. The van der Waals surface area contributed by atoms with Gasteiger partial charge in [0.2, 0.25) is 0 Å². The van der Waals surface area contributed by atoms with Crippen LogP contribution in [0.5, 0.6) is 0 Å². The molecule has 0 bridgehead atoms. The van der Waals surface area contributed by atoms with Crippen molar-refractivity contribution in [2.24, 2.45) is 23.2 Å². The standard InChI is InChI=1S/C19H33NO/c1-14-7-5-3-4-6-8-18-17(14)10-9-15-13-16(20-21)11-12-19(15,18)2/h13-14,16-18,20-21H,3-12H2,1-2H3/t14?,16?,17?,18-,19?/m0/s1. The van der Waals surface area contributed by atoms with E-state index in [4.69, 9.17) is 0 Å². The highest BCUT2D eigenvalue weighted by molar-refractivity contribution is 5.24. The fourth-order valence-corrected chi connectivity index (χ4v) is 5.63. The summed E-state index contributed by atoms with van der Waals surface area (Å²) in [7, 11) is 0. The molecule has 2 heteroatoms. The Kier molecular flexibility index (Phi) is 4.75. The van der Waals surface area contributed by atoms with Crippen LogP contribution in [-0.4, -0.2) is 11.2 Å². The Morgan fingerprint density at radius 3 is 2.62 bits per heavy atom. The fraction of sp³-hybridized carbons (Fsp3) is 0.895. The summed E-state index contributed by atoms with van der Waals surface area (Å²) in [5.41, 5.74) is 4.55. The van der Waals surface area contributed by atoms with E-state index in [2.05, 4.69) is 25.4 Å². The lowest BCUT2D eigenvalue weighted by atomic mass is 9.53. The minimum absolute atomic E-state index is 0.193. The number of allylic oxidation sites excluding steroid dienone is 1. The predicted molar refractivity (Wildman–Crippen MR) is 87.2 cm³/mol. The van der Waals surface area contributed by atoms with E-state index >= 15 is 0 Å². The molecule has 2 nitrogen and oxygen atoms in total. The van der Waals surface area contributed by atoms with E-state index in [0.29, 0.717) is 5.41 Å². The van der Waals surface area contributed by atoms with Crippen LogP contribution >= 0.6 is 0 Å². The molecule has 21 heavy (non-hydrogen) atoms. The van der Waals surface area contributed by atoms with Gasteiger partial charge in [-0.1, -0.05) is 57.6 Å². The lowest BCUT2D eigenvalue weighted by Gasteiger charge is -2.52. The van der Waals surface area contributed by atoms with Gasteiger partial charge >= 0.3 is 0 Å². The van der Waals surface area contributed by atoms with Crippen molar-refractivity contribution in [3.8, 4) is 0 Å². The van der Waals surface area contributed by atoms with Crippen molar-refractivity contribution in [3.63, 3.8) is 0 Å². The first kappa shape index (κ1) is 15.6. The second-order valence-corrected chi connectivity index (χ2v) is 8.16. The van der Waals surface area contributed by atoms with Gasteiger partial charge < -0.3 is 5.21 Å². The molecule has 3 aliphatic carbocycles. The number of hydrogen-bond donors (Lipinski definition) is 2. The maximum absolute atomic E-state index is 9.26. The van der Waals surface area contributed by atoms with E-state index in [1.54, 1.807) is 5.57 Å². The molecule has 0 aliphatic heterocycles. The van der Waals surface area contributed by atoms with Crippen LogP contribution in [0.2, 0.25) is 0 Å². The Labute approximate surface area is 130 Å². The van der Waals surface area contributed by atoms with Crippen molar-refractivity contribution in [2.75, 3.05) is 0 Å². The van der Waals surface area contributed by atoms with E-state index in [1.807, 2.05) is 0 Å². The van der Waals surface area contributed by atoms with Crippen LogP contribution in [0.1, 0.15) is 78.1 Å². The summed E-state index contributed by atoms with van der Waals surface area (Å²) >= 11 is 0. The van der Waals surface area contributed by atoms with Gasteiger partial charge in [0.15, 0.2) is 0 Å². The Morgan fingerprint density at radius 2 is 1.86 bits per heavy atom. The Balaban J connectivity index is 1.87. The van der Waals surface area contributed by atoms with Crippen LogP contribution < -0.4 is 5.48 Å². The van der Waals surface area contributed by atoms with Crippen molar-refractivity contribution in [2.45, 2.75) is 84.1 Å². The summed E-state index contributed by atoms with van der Waals surface area (Å²) in [6.07, 6.45) is 16.0. The fourth-order valence-electron chi connectivity index (χ4n) is 5.63. The molecular weight excluding hydrogens is 258 g/mol. The van der Waals surface area contributed by atoms with Crippen LogP contribution in [0.3, 0.4) is 0 Å². The van der Waals surface area contributed by atoms with E-state index < -0.39 is 0 Å². The molecule has 0 aromatic rings. The first-order chi connectivity index (χ1) is 10.1. The summed E-state index contributed by atoms with van der Waals surface area (Å²) in [6.45, 7) is 5.05. The first-order valence-corrected chi connectivity index (χ1v) is 9.26. The smallest absolute Gasteiger partial charge is 0.0502 e. The molecule has 0 radical (unpaired) electrons. The van der Waals surface area contributed by atoms with Crippen LogP contribution in [0.25, 0.3) is 0 Å². The van der Waals surface area contributed by atoms with Crippen LogP contribution in [0, 0.1) is 23.2 Å². The molecule has 3 rings (SSSR count). The molecule has 0 aromatic heterocycles. The summed E-state index contributed by atoms with van der Waals surface area (Å²) in [6, 6.07) is 0.193. The lowest BCUT2D eigenvalue weighted by molar-refractivity contribution is 0.0407. The third-order valence-corrected chi connectivity index (χ3v) is 7.01. The Hall–Kier alpha value is -0.340.